The fraction of sp³-hybridized carbons (Fsp3) is 0.105. The molecular formula is C19H16ClN3O4. The molecule has 2 N–H and O–H groups in total. The van der Waals surface area contributed by atoms with Gasteiger partial charge in [-0.15, -0.1) is 0 Å². The lowest BCUT2D eigenvalue weighted by atomic mass is 10.2. The number of ether oxygens (including phenoxy) is 1. The predicted molar refractivity (Wildman–Crippen MR) is 104 cm³/mol. The summed E-state index contributed by atoms with van der Waals surface area (Å²) >= 11 is 6.06. The number of nitrogens with one attached hydrogen (secondary N) is 1. The normalized spacial score (nSPS) is 11.1. The summed E-state index contributed by atoms with van der Waals surface area (Å²) in [4.78, 5) is 30.7. The van der Waals surface area contributed by atoms with Crippen molar-refractivity contribution in [3.8, 4) is 17.3 Å². The van der Waals surface area contributed by atoms with Crippen LogP contribution in [-0.4, -0.2) is 28.0 Å². The number of para-hydroxylation sites is 1. The van der Waals surface area contributed by atoms with Crippen LogP contribution in [0.2, 0.25) is 5.02 Å². The molecule has 3 aromatic rings. The molecule has 1 heterocycles. The molecule has 0 atom stereocenters. The number of hydrogen-bond donors (Lipinski definition) is 2. The van der Waals surface area contributed by atoms with Gasteiger partial charge in [0.05, 0.1) is 23.5 Å². The van der Waals surface area contributed by atoms with E-state index >= 15 is 0 Å². The van der Waals surface area contributed by atoms with Gasteiger partial charge in [0.25, 0.3) is 5.56 Å². The molecule has 3 rings (SSSR count). The van der Waals surface area contributed by atoms with Crippen molar-refractivity contribution in [3.05, 3.63) is 79.5 Å². The number of aryl methyl sites for hydroxylation is 1. The quantitative estimate of drug-likeness (QED) is 0.675. The number of rotatable bonds is 4. The highest BCUT2D eigenvalue weighted by atomic mass is 35.5. The van der Waals surface area contributed by atoms with Crippen LogP contribution in [0.25, 0.3) is 5.69 Å². The van der Waals surface area contributed by atoms with Crippen LogP contribution >= 0.6 is 11.6 Å². The number of H-pyrrole nitrogens is 1. The molecule has 0 aliphatic heterocycles. The van der Waals surface area contributed by atoms with E-state index in [1.54, 1.807) is 43.3 Å². The molecule has 27 heavy (non-hydrogen) atoms. The minimum absolute atomic E-state index is 0.148. The molecule has 1 aromatic heterocycles. The lowest BCUT2D eigenvalue weighted by Crippen LogP contribution is -2.31. The summed E-state index contributed by atoms with van der Waals surface area (Å²) in [5, 5.41) is 10.9. The molecule has 0 unspecified atom stereocenters. The van der Waals surface area contributed by atoms with Crippen LogP contribution in [-0.2, 0) is 0 Å². The van der Waals surface area contributed by atoms with E-state index < -0.39 is 17.1 Å². The number of halogens is 1. The van der Waals surface area contributed by atoms with E-state index in [-0.39, 0.29) is 5.56 Å². The van der Waals surface area contributed by atoms with Crippen LogP contribution in [0, 0.1) is 6.92 Å². The molecule has 0 fully saturated rings. The molecule has 0 spiro atoms. The Hall–Kier alpha value is -3.32. The van der Waals surface area contributed by atoms with Gasteiger partial charge in [0.2, 0.25) is 5.88 Å². The average Bonchev–Trinajstić information content (AvgIpc) is 2.63. The first-order valence-electron chi connectivity index (χ1n) is 7.94. The van der Waals surface area contributed by atoms with Crippen molar-refractivity contribution in [1.82, 2.24) is 9.55 Å². The first-order chi connectivity index (χ1) is 12.9. The zero-order valence-corrected chi connectivity index (χ0v) is 15.3. The third-order valence-corrected chi connectivity index (χ3v) is 4.25. The highest BCUT2D eigenvalue weighted by molar-refractivity contribution is 6.32. The second-order valence-electron chi connectivity index (χ2n) is 5.70. The molecule has 8 heteroatoms. The zero-order valence-electron chi connectivity index (χ0n) is 14.6. The van der Waals surface area contributed by atoms with Gasteiger partial charge in [-0.1, -0.05) is 29.8 Å². The van der Waals surface area contributed by atoms with Gasteiger partial charge in [0.1, 0.15) is 11.3 Å². The Labute approximate surface area is 159 Å². The van der Waals surface area contributed by atoms with Crippen molar-refractivity contribution in [2.24, 2.45) is 4.99 Å². The maximum atomic E-state index is 12.2. The predicted octanol–water partition coefficient (Wildman–Crippen LogP) is 2.95. The number of aliphatic imine (C=N–C) groups is 1. The standard InChI is InChI=1S/C19H16ClN3O4/c1-11-5-3-4-6-15(11)23-18(25)13(17(24)22-19(23)26)10-21-12-7-8-16(27-2)14(20)9-12/h3-10,25H,1-2H3,(H,22,24,26). The minimum Gasteiger partial charge on any atom is -0.495 e. The second-order valence-corrected chi connectivity index (χ2v) is 6.10. The smallest absolute Gasteiger partial charge is 0.335 e. The first kappa shape index (κ1) is 18.5. The number of nitrogens with zero attached hydrogens (tertiary/aromatic N) is 2. The van der Waals surface area contributed by atoms with E-state index in [0.29, 0.717) is 22.1 Å². The lowest BCUT2D eigenvalue weighted by Gasteiger charge is -2.11. The maximum Gasteiger partial charge on any atom is 0.335 e. The van der Waals surface area contributed by atoms with Gasteiger partial charge in [-0.25, -0.2) is 9.36 Å². The van der Waals surface area contributed by atoms with Crippen molar-refractivity contribution >= 4 is 23.5 Å². The van der Waals surface area contributed by atoms with Crippen LogP contribution < -0.4 is 16.0 Å². The highest BCUT2D eigenvalue weighted by Gasteiger charge is 2.15. The highest BCUT2D eigenvalue weighted by Crippen LogP contribution is 2.28. The van der Waals surface area contributed by atoms with Crippen molar-refractivity contribution in [1.29, 1.82) is 0 Å². The van der Waals surface area contributed by atoms with Crippen LogP contribution in [0.1, 0.15) is 11.1 Å². The largest absolute Gasteiger partial charge is 0.495 e. The van der Waals surface area contributed by atoms with Gasteiger partial charge < -0.3 is 9.84 Å². The van der Waals surface area contributed by atoms with E-state index in [1.807, 2.05) is 6.07 Å². The minimum atomic E-state index is -0.745. The van der Waals surface area contributed by atoms with E-state index in [4.69, 9.17) is 16.3 Å². The Morgan fingerprint density at radius 1 is 1.22 bits per heavy atom. The molecule has 0 amide bonds. The van der Waals surface area contributed by atoms with Crippen LogP contribution in [0.3, 0.4) is 0 Å². The Bertz CT molecular complexity index is 1150. The summed E-state index contributed by atoms with van der Waals surface area (Å²) in [6.45, 7) is 1.79. The molecule has 0 aliphatic carbocycles. The third-order valence-electron chi connectivity index (χ3n) is 3.96. The average molecular weight is 386 g/mol. The van der Waals surface area contributed by atoms with Gasteiger partial charge in [0, 0.05) is 6.21 Å². The van der Waals surface area contributed by atoms with E-state index in [1.165, 1.54) is 13.3 Å². The molecule has 7 nitrogen and oxygen atoms in total. The van der Waals surface area contributed by atoms with E-state index in [9.17, 15) is 14.7 Å². The summed E-state index contributed by atoms with van der Waals surface area (Å²) in [5.74, 6) is -0.00850. The van der Waals surface area contributed by atoms with E-state index in [0.717, 1.165) is 10.1 Å². The van der Waals surface area contributed by atoms with Crippen molar-refractivity contribution in [3.63, 3.8) is 0 Å². The number of aromatic amines is 1. The Kier molecular flexibility index (Phi) is 5.14. The lowest BCUT2D eigenvalue weighted by molar-refractivity contribution is 0.415. The number of aromatic hydroxyl groups is 1. The fourth-order valence-corrected chi connectivity index (χ4v) is 2.82. The number of benzene rings is 2. The number of methoxy groups -OCH3 is 1. The molecule has 0 aliphatic rings. The van der Waals surface area contributed by atoms with Crippen LogP contribution in [0.5, 0.6) is 11.6 Å². The molecular weight excluding hydrogens is 370 g/mol. The van der Waals surface area contributed by atoms with Crippen molar-refractivity contribution in [2.75, 3.05) is 7.11 Å². The van der Waals surface area contributed by atoms with Gasteiger partial charge in [-0.2, -0.15) is 0 Å². The molecule has 2 aromatic carbocycles. The van der Waals surface area contributed by atoms with Crippen molar-refractivity contribution < 1.29 is 9.84 Å². The van der Waals surface area contributed by atoms with Crippen LogP contribution in [0.4, 0.5) is 5.69 Å². The summed E-state index contributed by atoms with van der Waals surface area (Å²) in [5.41, 5.74) is 0.0327. The maximum absolute atomic E-state index is 12.2. The molecule has 0 saturated heterocycles. The second kappa shape index (κ2) is 7.51. The van der Waals surface area contributed by atoms with E-state index in [2.05, 4.69) is 9.98 Å². The third kappa shape index (κ3) is 3.63. The fourth-order valence-electron chi connectivity index (χ4n) is 2.57. The molecule has 0 saturated carbocycles. The summed E-state index contributed by atoms with van der Waals surface area (Å²) in [7, 11) is 1.50. The van der Waals surface area contributed by atoms with Crippen LogP contribution in [0.15, 0.2) is 57.0 Å². The SMILES string of the molecule is COc1ccc(N=Cc2c(O)n(-c3ccccc3C)c(=O)[nH]c2=O)cc1Cl. The Morgan fingerprint density at radius 3 is 2.63 bits per heavy atom. The van der Waals surface area contributed by atoms with Gasteiger partial charge >= 0.3 is 5.69 Å². The first-order valence-corrected chi connectivity index (χ1v) is 8.32. The summed E-state index contributed by atoms with van der Waals surface area (Å²) in [6.07, 6.45) is 1.18. The zero-order chi connectivity index (χ0) is 19.6. The van der Waals surface area contributed by atoms with Gasteiger partial charge in [-0.05, 0) is 36.8 Å². The monoisotopic (exact) mass is 385 g/mol. The van der Waals surface area contributed by atoms with Gasteiger partial charge in [-0.3, -0.25) is 14.8 Å². The van der Waals surface area contributed by atoms with Crippen molar-refractivity contribution in [2.45, 2.75) is 6.92 Å². The molecule has 138 valence electrons. The Morgan fingerprint density at radius 2 is 1.96 bits per heavy atom. The topological polar surface area (TPSA) is 96.7 Å². The number of hydrogen-bond acceptors (Lipinski definition) is 5. The molecule has 0 bridgehead atoms. The molecule has 0 radical (unpaired) electrons. The summed E-state index contributed by atoms with van der Waals surface area (Å²) < 4.78 is 6.10. The summed E-state index contributed by atoms with van der Waals surface area (Å²) in [6, 6.07) is 11.8. The number of aromatic nitrogens is 2. The van der Waals surface area contributed by atoms with Gasteiger partial charge in [0.15, 0.2) is 0 Å². The Balaban J connectivity index is 2.10.